The number of hydrogen-bond donors (Lipinski definition) is 2. The predicted molar refractivity (Wildman–Crippen MR) is 155 cm³/mol. The van der Waals surface area contributed by atoms with E-state index in [0.29, 0.717) is 32.2 Å². The lowest BCUT2D eigenvalue weighted by atomic mass is 9.97. The van der Waals surface area contributed by atoms with Crippen molar-refractivity contribution in [3.63, 3.8) is 0 Å². The Kier molecular flexibility index (Phi) is 12.0. The van der Waals surface area contributed by atoms with Gasteiger partial charge in [-0.15, -0.1) is 4.99 Å². The normalized spacial score (nSPS) is 16.3. The maximum Gasteiger partial charge on any atom is 0.434 e. The fourth-order valence-corrected chi connectivity index (χ4v) is 5.02. The average Bonchev–Trinajstić information content (AvgIpc) is 3.41. The molecule has 2 heterocycles. The van der Waals surface area contributed by atoms with Crippen molar-refractivity contribution in [2.24, 2.45) is 4.99 Å². The summed E-state index contributed by atoms with van der Waals surface area (Å²) in [5, 5.41) is 15.6. The number of ether oxygens (including phenoxy) is 1. The Morgan fingerprint density at radius 3 is 2.49 bits per heavy atom. The summed E-state index contributed by atoms with van der Waals surface area (Å²) >= 11 is 0. The van der Waals surface area contributed by atoms with E-state index in [4.69, 9.17) is 9.26 Å². The highest BCUT2D eigenvalue weighted by atomic mass is 19.4. The van der Waals surface area contributed by atoms with Crippen molar-refractivity contribution in [2.75, 3.05) is 13.1 Å². The standard InChI is InChI=1S/C30H42F3N5O5/c1-5-6-7-8-9-10-11-13-20-15-16-21(18-23(20)30(31,32)33)24-34-25(43-37-24)22-14-12-17-38(19-22)26(35-27(39)40)36-28(41)42-29(2,3)4/h15-16,18,22H,5-14,17,19H2,1-4H3,(H,39,40)(H,35,36,41). The van der Waals surface area contributed by atoms with Gasteiger partial charge in [-0.2, -0.15) is 18.2 Å². The zero-order valence-corrected chi connectivity index (χ0v) is 25.3. The first kappa shape index (κ1) is 33.9. The number of piperidine rings is 1. The molecule has 13 heteroatoms. The first-order valence-corrected chi connectivity index (χ1v) is 14.9. The number of hydrogen-bond acceptors (Lipinski definition) is 6. The van der Waals surface area contributed by atoms with Gasteiger partial charge in [0.1, 0.15) is 5.60 Å². The molecular formula is C30H42F3N5O5. The van der Waals surface area contributed by atoms with Crippen LogP contribution < -0.4 is 5.32 Å². The highest BCUT2D eigenvalue weighted by molar-refractivity contribution is 5.98. The zero-order chi connectivity index (χ0) is 31.6. The highest BCUT2D eigenvalue weighted by Crippen LogP contribution is 2.36. The first-order chi connectivity index (χ1) is 20.3. The Morgan fingerprint density at radius 1 is 1.14 bits per heavy atom. The molecule has 238 valence electrons. The second-order valence-electron chi connectivity index (χ2n) is 11.8. The summed E-state index contributed by atoms with van der Waals surface area (Å²) in [6.45, 7) is 7.75. The van der Waals surface area contributed by atoms with Crippen molar-refractivity contribution in [1.29, 1.82) is 0 Å². The van der Waals surface area contributed by atoms with Gasteiger partial charge in [0.25, 0.3) is 0 Å². The fourth-order valence-electron chi connectivity index (χ4n) is 5.02. The third-order valence-corrected chi connectivity index (χ3v) is 7.05. The molecule has 0 saturated carbocycles. The Bertz CT molecular complexity index is 1260. The Morgan fingerprint density at radius 2 is 1.84 bits per heavy atom. The van der Waals surface area contributed by atoms with E-state index in [9.17, 15) is 27.9 Å². The van der Waals surface area contributed by atoms with Gasteiger partial charge >= 0.3 is 18.4 Å². The van der Waals surface area contributed by atoms with Crippen LogP contribution in [-0.4, -0.2) is 57.0 Å². The predicted octanol–water partition coefficient (Wildman–Crippen LogP) is 7.79. The van der Waals surface area contributed by atoms with Gasteiger partial charge in [0.15, 0.2) is 0 Å². The number of benzene rings is 1. The van der Waals surface area contributed by atoms with Crippen molar-refractivity contribution in [1.82, 2.24) is 20.4 Å². The van der Waals surface area contributed by atoms with Crippen LogP contribution in [0.4, 0.5) is 22.8 Å². The van der Waals surface area contributed by atoms with E-state index < -0.39 is 29.5 Å². The Hall–Kier alpha value is -3.64. The summed E-state index contributed by atoms with van der Waals surface area (Å²) in [6.07, 6.45) is 1.85. The fraction of sp³-hybridized carbons (Fsp3) is 0.633. The molecule has 1 fully saturated rings. The van der Waals surface area contributed by atoms with Gasteiger partial charge in [-0.25, -0.2) is 9.59 Å². The van der Waals surface area contributed by atoms with Gasteiger partial charge in [-0.05, 0) is 58.1 Å². The van der Waals surface area contributed by atoms with Gasteiger partial charge in [0, 0.05) is 18.7 Å². The van der Waals surface area contributed by atoms with Crippen LogP contribution >= 0.6 is 0 Å². The smallest absolute Gasteiger partial charge is 0.434 e. The number of amides is 2. The van der Waals surface area contributed by atoms with Gasteiger partial charge in [0.05, 0.1) is 11.5 Å². The SMILES string of the molecule is CCCCCCCCCc1ccc(-c2noc(C3CCCN(C(=NC(=O)O)NC(=O)OC(C)(C)C)C3)n2)cc1C(F)(F)F. The van der Waals surface area contributed by atoms with Crippen LogP contribution in [0.2, 0.25) is 0 Å². The number of nitrogens with one attached hydrogen (secondary N) is 1. The summed E-state index contributed by atoms with van der Waals surface area (Å²) in [5.74, 6) is -0.329. The van der Waals surface area contributed by atoms with E-state index in [1.807, 2.05) is 0 Å². The number of alkyl halides is 3. The van der Waals surface area contributed by atoms with Crippen molar-refractivity contribution < 1.29 is 37.1 Å². The van der Waals surface area contributed by atoms with Crippen LogP contribution in [0, 0.1) is 0 Å². The van der Waals surface area contributed by atoms with Crippen LogP contribution in [0.1, 0.15) is 108 Å². The zero-order valence-electron chi connectivity index (χ0n) is 25.3. The molecule has 2 amide bonds. The maximum absolute atomic E-state index is 14.0. The summed E-state index contributed by atoms with van der Waals surface area (Å²) in [7, 11) is 0. The number of aromatic nitrogens is 2. The van der Waals surface area contributed by atoms with E-state index in [0.717, 1.165) is 38.2 Å². The summed E-state index contributed by atoms with van der Waals surface area (Å²) in [4.78, 5) is 33.1. The second kappa shape index (κ2) is 15.2. The molecule has 0 spiro atoms. The quantitative estimate of drug-likeness (QED) is 0.159. The number of guanidine groups is 1. The molecule has 0 bridgehead atoms. The van der Waals surface area contributed by atoms with Crippen LogP contribution in [0.5, 0.6) is 0 Å². The van der Waals surface area contributed by atoms with Crippen molar-refractivity contribution in [2.45, 2.75) is 110 Å². The van der Waals surface area contributed by atoms with E-state index >= 15 is 0 Å². The molecule has 1 aliphatic heterocycles. The molecule has 1 atom stereocenters. The Labute approximate surface area is 250 Å². The van der Waals surface area contributed by atoms with E-state index in [2.05, 4.69) is 27.4 Å². The molecule has 0 aliphatic carbocycles. The molecule has 0 radical (unpaired) electrons. The summed E-state index contributed by atoms with van der Waals surface area (Å²) < 4.78 is 52.6. The minimum Gasteiger partial charge on any atom is -0.463 e. The lowest BCUT2D eigenvalue weighted by molar-refractivity contribution is -0.138. The number of rotatable bonds is 10. The molecular weight excluding hydrogens is 567 g/mol. The number of carbonyl (C=O) groups excluding carboxylic acids is 1. The molecule has 1 aromatic heterocycles. The number of unbranched alkanes of at least 4 members (excludes halogenated alkanes) is 6. The van der Waals surface area contributed by atoms with Gasteiger partial charge in [0.2, 0.25) is 17.7 Å². The topological polar surface area (TPSA) is 130 Å². The van der Waals surface area contributed by atoms with E-state index in [-0.39, 0.29) is 41.3 Å². The summed E-state index contributed by atoms with van der Waals surface area (Å²) in [6, 6.07) is 4.14. The maximum atomic E-state index is 14.0. The molecule has 1 saturated heterocycles. The lowest BCUT2D eigenvalue weighted by Crippen LogP contribution is -2.49. The first-order valence-electron chi connectivity index (χ1n) is 14.9. The van der Waals surface area contributed by atoms with Gasteiger partial charge in [-0.1, -0.05) is 62.7 Å². The molecule has 1 unspecified atom stereocenters. The number of aryl methyl sites for hydroxylation is 1. The van der Waals surface area contributed by atoms with Crippen molar-refractivity contribution >= 4 is 18.1 Å². The number of halogens is 3. The molecule has 43 heavy (non-hydrogen) atoms. The highest BCUT2D eigenvalue weighted by Gasteiger charge is 2.34. The van der Waals surface area contributed by atoms with Crippen LogP contribution in [0.3, 0.4) is 0 Å². The average molecular weight is 610 g/mol. The van der Waals surface area contributed by atoms with Gasteiger partial charge in [-0.3, -0.25) is 5.32 Å². The van der Waals surface area contributed by atoms with E-state index in [1.54, 1.807) is 31.7 Å². The molecule has 1 aromatic carbocycles. The lowest BCUT2D eigenvalue weighted by Gasteiger charge is -2.33. The Balaban J connectivity index is 1.72. The number of nitrogens with zero attached hydrogens (tertiary/aromatic N) is 4. The van der Waals surface area contributed by atoms with E-state index in [1.165, 1.54) is 12.5 Å². The van der Waals surface area contributed by atoms with Crippen LogP contribution in [0.15, 0.2) is 27.7 Å². The van der Waals surface area contributed by atoms with Crippen LogP contribution in [-0.2, 0) is 17.3 Å². The minimum atomic E-state index is -4.52. The third-order valence-electron chi connectivity index (χ3n) is 7.05. The molecule has 2 N–H and O–H groups in total. The second-order valence-corrected chi connectivity index (χ2v) is 11.8. The molecule has 3 rings (SSSR count). The molecule has 1 aliphatic rings. The monoisotopic (exact) mass is 609 g/mol. The van der Waals surface area contributed by atoms with Crippen molar-refractivity contribution in [3.05, 3.63) is 35.2 Å². The molecule has 2 aromatic rings. The largest absolute Gasteiger partial charge is 0.463 e. The molecule has 10 nitrogen and oxygen atoms in total. The number of aliphatic imine (C=N–C) groups is 1. The summed E-state index contributed by atoms with van der Waals surface area (Å²) in [5.41, 5.74) is -1.06. The number of carbonyl (C=O) groups is 2. The van der Waals surface area contributed by atoms with Gasteiger partial charge < -0.3 is 19.3 Å². The minimum absolute atomic E-state index is 0.0337. The van der Waals surface area contributed by atoms with Crippen LogP contribution in [0.25, 0.3) is 11.4 Å². The number of carboxylic acid groups (broad SMARTS) is 1. The third kappa shape index (κ3) is 10.9. The van der Waals surface area contributed by atoms with Crippen molar-refractivity contribution in [3.8, 4) is 11.4 Å². The number of likely N-dealkylation sites (tertiary alicyclic amines) is 1. The number of alkyl carbamates (subject to hydrolysis) is 1.